The predicted molar refractivity (Wildman–Crippen MR) is 122 cm³/mol. The summed E-state index contributed by atoms with van der Waals surface area (Å²) in [7, 11) is 0. The van der Waals surface area contributed by atoms with E-state index in [0.717, 1.165) is 44.8 Å². The number of nitrogens with one attached hydrogen (secondary N) is 1. The number of carbonyl (C=O) groups is 1. The van der Waals surface area contributed by atoms with Crippen molar-refractivity contribution in [3.8, 4) is 5.75 Å². The number of hydrogen-bond acceptors (Lipinski definition) is 4. The predicted octanol–water partition coefficient (Wildman–Crippen LogP) is 4.71. The summed E-state index contributed by atoms with van der Waals surface area (Å²) in [5, 5.41) is 8.83. The Morgan fingerprint density at radius 1 is 1.13 bits per heavy atom. The Kier molecular flexibility index (Phi) is 5.89. The Labute approximate surface area is 182 Å². The molecule has 0 aliphatic rings. The Balaban J connectivity index is 1.45. The minimum absolute atomic E-state index is 0.0194. The molecule has 0 saturated heterocycles. The number of aryl methyl sites for hydroxylation is 2. The van der Waals surface area contributed by atoms with Crippen molar-refractivity contribution >= 4 is 22.5 Å². The average molecular weight is 417 g/mol. The number of amides is 1. The van der Waals surface area contributed by atoms with Gasteiger partial charge in [-0.05, 0) is 69.5 Å². The van der Waals surface area contributed by atoms with E-state index in [1.165, 1.54) is 0 Å². The van der Waals surface area contributed by atoms with E-state index in [-0.39, 0.29) is 11.9 Å². The van der Waals surface area contributed by atoms with Crippen LogP contribution in [0.1, 0.15) is 48.8 Å². The van der Waals surface area contributed by atoms with Crippen molar-refractivity contribution in [1.82, 2.24) is 19.9 Å². The molecule has 2 aromatic carbocycles. The highest BCUT2D eigenvalue weighted by molar-refractivity contribution is 5.92. The summed E-state index contributed by atoms with van der Waals surface area (Å²) in [6.07, 6.45) is 1.02. The SMILES string of the molecule is CCOc1ccc([C@@H](C)NC(=O)CCc2c(C)nc3c4ccccc4nn3c2C)cc1. The van der Waals surface area contributed by atoms with E-state index in [1.54, 1.807) is 0 Å². The lowest BCUT2D eigenvalue weighted by Gasteiger charge is -2.16. The summed E-state index contributed by atoms with van der Waals surface area (Å²) in [5.74, 6) is 0.857. The standard InChI is InChI=1S/C25H28N4O2/c1-5-31-20-12-10-19(11-13-20)16(2)26-24(30)15-14-21-17(3)27-25-22-8-6-7-9-23(22)28-29(25)18(21)4/h6-13,16H,5,14-15H2,1-4H3,(H,26,30)/t16-/m1/s1. The first-order valence-corrected chi connectivity index (χ1v) is 10.7. The Hall–Kier alpha value is -3.41. The highest BCUT2D eigenvalue weighted by Crippen LogP contribution is 2.23. The van der Waals surface area contributed by atoms with Crippen LogP contribution in [0.25, 0.3) is 16.6 Å². The highest BCUT2D eigenvalue weighted by atomic mass is 16.5. The zero-order valence-corrected chi connectivity index (χ0v) is 18.5. The third-order valence-corrected chi connectivity index (χ3v) is 5.69. The van der Waals surface area contributed by atoms with Crippen LogP contribution in [0, 0.1) is 13.8 Å². The third-order valence-electron chi connectivity index (χ3n) is 5.69. The molecule has 0 spiro atoms. The first-order chi connectivity index (χ1) is 15.0. The van der Waals surface area contributed by atoms with Gasteiger partial charge in [0.15, 0.2) is 5.65 Å². The molecule has 0 aliphatic heterocycles. The zero-order valence-electron chi connectivity index (χ0n) is 18.5. The smallest absolute Gasteiger partial charge is 0.220 e. The summed E-state index contributed by atoms with van der Waals surface area (Å²) in [6.45, 7) is 8.64. The molecular formula is C25H28N4O2. The first-order valence-electron chi connectivity index (χ1n) is 10.7. The molecule has 6 heteroatoms. The van der Waals surface area contributed by atoms with Crippen LogP contribution in [0.4, 0.5) is 0 Å². The number of rotatable bonds is 7. The molecule has 0 radical (unpaired) electrons. The minimum Gasteiger partial charge on any atom is -0.494 e. The van der Waals surface area contributed by atoms with Crippen LogP contribution < -0.4 is 10.1 Å². The van der Waals surface area contributed by atoms with Crippen molar-refractivity contribution in [1.29, 1.82) is 0 Å². The second-order valence-corrected chi connectivity index (χ2v) is 7.80. The number of fused-ring (bicyclic) bond motifs is 3. The lowest BCUT2D eigenvalue weighted by atomic mass is 10.0. The van der Waals surface area contributed by atoms with Gasteiger partial charge in [-0.3, -0.25) is 4.79 Å². The molecule has 160 valence electrons. The second kappa shape index (κ2) is 8.76. The molecule has 1 atom stereocenters. The van der Waals surface area contributed by atoms with Crippen LogP contribution in [-0.2, 0) is 11.2 Å². The van der Waals surface area contributed by atoms with Crippen LogP contribution in [0.2, 0.25) is 0 Å². The van der Waals surface area contributed by atoms with Crippen LogP contribution >= 0.6 is 0 Å². The molecule has 4 aromatic rings. The number of aromatic nitrogens is 3. The zero-order chi connectivity index (χ0) is 22.0. The molecule has 1 amide bonds. The van der Waals surface area contributed by atoms with Gasteiger partial charge in [0.25, 0.3) is 0 Å². The molecule has 0 bridgehead atoms. The summed E-state index contributed by atoms with van der Waals surface area (Å²) in [5.41, 5.74) is 5.90. The van der Waals surface area contributed by atoms with Gasteiger partial charge in [-0.1, -0.05) is 24.3 Å². The molecule has 4 rings (SSSR count). The quantitative estimate of drug-likeness (QED) is 0.474. The normalized spacial score (nSPS) is 12.3. The van der Waals surface area contributed by atoms with Crippen molar-refractivity contribution in [2.45, 2.75) is 46.6 Å². The van der Waals surface area contributed by atoms with E-state index < -0.39 is 0 Å². The van der Waals surface area contributed by atoms with E-state index in [4.69, 9.17) is 14.8 Å². The van der Waals surface area contributed by atoms with Crippen molar-refractivity contribution < 1.29 is 9.53 Å². The molecule has 1 N–H and O–H groups in total. The van der Waals surface area contributed by atoms with Crippen LogP contribution in [-0.4, -0.2) is 27.1 Å². The third kappa shape index (κ3) is 4.24. The molecule has 0 saturated carbocycles. The molecule has 0 fully saturated rings. The van der Waals surface area contributed by atoms with Crippen molar-refractivity contribution in [2.75, 3.05) is 6.61 Å². The Morgan fingerprint density at radius 3 is 2.61 bits per heavy atom. The Bertz CT molecular complexity index is 1230. The molecule has 31 heavy (non-hydrogen) atoms. The van der Waals surface area contributed by atoms with Gasteiger partial charge in [-0.15, -0.1) is 0 Å². The maximum Gasteiger partial charge on any atom is 0.220 e. The van der Waals surface area contributed by atoms with Crippen LogP contribution in [0.3, 0.4) is 0 Å². The molecule has 2 heterocycles. The van der Waals surface area contributed by atoms with Gasteiger partial charge in [-0.2, -0.15) is 5.10 Å². The number of nitrogens with zero attached hydrogens (tertiary/aromatic N) is 3. The molecule has 0 aliphatic carbocycles. The lowest BCUT2D eigenvalue weighted by Crippen LogP contribution is -2.27. The maximum absolute atomic E-state index is 12.6. The summed E-state index contributed by atoms with van der Waals surface area (Å²) in [4.78, 5) is 17.4. The fourth-order valence-electron chi connectivity index (χ4n) is 3.99. The minimum atomic E-state index is -0.0672. The first kappa shape index (κ1) is 20.8. The van der Waals surface area contributed by atoms with E-state index in [0.29, 0.717) is 19.4 Å². The van der Waals surface area contributed by atoms with E-state index >= 15 is 0 Å². The number of benzene rings is 2. The fourth-order valence-corrected chi connectivity index (χ4v) is 3.99. The van der Waals surface area contributed by atoms with Gasteiger partial charge in [0.05, 0.1) is 18.2 Å². The summed E-state index contributed by atoms with van der Waals surface area (Å²) >= 11 is 0. The average Bonchev–Trinajstić information content (AvgIpc) is 3.13. The summed E-state index contributed by atoms with van der Waals surface area (Å²) in [6, 6.07) is 15.8. The van der Waals surface area contributed by atoms with Gasteiger partial charge < -0.3 is 10.1 Å². The van der Waals surface area contributed by atoms with Crippen molar-refractivity contribution in [3.05, 3.63) is 71.0 Å². The molecular weight excluding hydrogens is 388 g/mol. The number of carbonyl (C=O) groups excluding carboxylic acids is 1. The lowest BCUT2D eigenvalue weighted by molar-refractivity contribution is -0.121. The second-order valence-electron chi connectivity index (χ2n) is 7.80. The number of hydrogen-bond donors (Lipinski definition) is 1. The van der Waals surface area contributed by atoms with Gasteiger partial charge in [0.1, 0.15) is 5.75 Å². The topological polar surface area (TPSA) is 68.5 Å². The van der Waals surface area contributed by atoms with E-state index in [9.17, 15) is 4.79 Å². The van der Waals surface area contributed by atoms with E-state index in [2.05, 4.69) is 5.32 Å². The fraction of sp³-hybridized carbons (Fsp3) is 0.320. The van der Waals surface area contributed by atoms with Crippen molar-refractivity contribution in [2.24, 2.45) is 0 Å². The summed E-state index contributed by atoms with van der Waals surface area (Å²) < 4.78 is 7.38. The van der Waals surface area contributed by atoms with Crippen LogP contribution in [0.5, 0.6) is 5.75 Å². The van der Waals surface area contributed by atoms with Gasteiger partial charge in [-0.25, -0.2) is 9.50 Å². The molecule has 0 unspecified atom stereocenters. The van der Waals surface area contributed by atoms with Gasteiger partial charge >= 0.3 is 0 Å². The van der Waals surface area contributed by atoms with Gasteiger partial charge in [0.2, 0.25) is 5.91 Å². The largest absolute Gasteiger partial charge is 0.494 e. The number of ether oxygens (including phenoxy) is 1. The monoisotopic (exact) mass is 416 g/mol. The molecule has 6 nitrogen and oxygen atoms in total. The van der Waals surface area contributed by atoms with Gasteiger partial charge in [0, 0.05) is 23.2 Å². The molecule has 2 aromatic heterocycles. The van der Waals surface area contributed by atoms with Crippen LogP contribution in [0.15, 0.2) is 48.5 Å². The Morgan fingerprint density at radius 2 is 1.87 bits per heavy atom. The van der Waals surface area contributed by atoms with E-state index in [1.807, 2.05) is 80.7 Å². The van der Waals surface area contributed by atoms with Crippen molar-refractivity contribution in [3.63, 3.8) is 0 Å². The highest BCUT2D eigenvalue weighted by Gasteiger charge is 2.16. The maximum atomic E-state index is 12.6.